The van der Waals surface area contributed by atoms with Crippen molar-refractivity contribution in [1.29, 1.82) is 0 Å². The van der Waals surface area contributed by atoms with E-state index >= 15 is 0 Å². The van der Waals surface area contributed by atoms with Crippen molar-refractivity contribution in [2.24, 2.45) is 0 Å². The molecule has 0 aliphatic heterocycles. The third-order valence-corrected chi connectivity index (χ3v) is 0. The second kappa shape index (κ2) is 20.0. The number of hydrogen-bond acceptors (Lipinski definition) is 0. The summed E-state index contributed by atoms with van der Waals surface area (Å²) in [4.78, 5) is 0. The fraction of sp³-hybridized carbons (Fsp3) is 0. The van der Waals surface area contributed by atoms with Gasteiger partial charge in [-0.3, -0.25) is 0 Å². The Kier molecular flexibility index (Phi) is 187. The van der Waals surface area contributed by atoms with Crippen molar-refractivity contribution in [1.82, 2.24) is 0 Å². The van der Waals surface area contributed by atoms with Crippen molar-refractivity contribution >= 4 is 0 Å². The van der Waals surface area contributed by atoms with Crippen LogP contribution in [0, 0.1) is 0 Å². The van der Waals surface area contributed by atoms with Crippen LogP contribution in [0.1, 0.15) is 0 Å². The molecule has 0 aliphatic carbocycles. The second-order valence-electron chi connectivity index (χ2n) is 0. The molecular formula is BrClCuTi. The van der Waals surface area contributed by atoms with E-state index in [1.165, 1.54) is 0 Å². The maximum absolute atomic E-state index is 0. The van der Waals surface area contributed by atoms with Gasteiger partial charge in [-0.2, -0.15) is 0 Å². The molecule has 4 heavy (non-hydrogen) atoms. The second-order valence-corrected chi connectivity index (χ2v) is 0. The molecule has 0 rings (SSSR count). The molecule has 0 spiro atoms. The van der Waals surface area contributed by atoms with Crippen LogP contribution in [0.25, 0.3) is 0 Å². The fourth-order valence-corrected chi connectivity index (χ4v) is 0. The Morgan fingerprint density at radius 3 is 1.00 bits per heavy atom. The number of halogens is 2. The maximum Gasteiger partial charge on any atom is 2.00 e. The molecule has 0 N–H and O–H groups in total. The third kappa shape index (κ3) is 9.00. The molecular weight excluding hydrogens is 227 g/mol. The largest absolute Gasteiger partial charge is 2.00 e. The van der Waals surface area contributed by atoms with Crippen LogP contribution < -0.4 is 29.4 Å². The van der Waals surface area contributed by atoms with Gasteiger partial charge in [0, 0.05) is 21.7 Å². The van der Waals surface area contributed by atoms with Crippen LogP contribution in [-0.4, -0.2) is 0 Å². The Morgan fingerprint density at radius 2 is 1.00 bits per heavy atom. The molecule has 0 aromatic rings. The van der Waals surface area contributed by atoms with Crippen LogP contribution in [0.15, 0.2) is 0 Å². The first-order chi connectivity index (χ1) is 0. The summed E-state index contributed by atoms with van der Waals surface area (Å²) in [5.74, 6) is 0. The molecule has 29 valence electrons. The van der Waals surface area contributed by atoms with E-state index in [9.17, 15) is 0 Å². The molecule has 0 aromatic carbocycles. The summed E-state index contributed by atoms with van der Waals surface area (Å²) in [6.45, 7) is 0. The van der Waals surface area contributed by atoms with Gasteiger partial charge in [0.05, 0.1) is 0 Å². The quantitative estimate of drug-likeness (QED) is 0.361. The van der Waals surface area contributed by atoms with Gasteiger partial charge in [-0.15, -0.1) is 0 Å². The first-order valence-corrected chi connectivity index (χ1v) is 0. The topological polar surface area (TPSA) is 0 Å². The Labute approximate surface area is 67.6 Å². The van der Waals surface area contributed by atoms with Gasteiger partial charge in [0.25, 0.3) is 0 Å². The molecule has 0 heterocycles. The van der Waals surface area contributed by atoms with E-state index < -0.39 is 0 Å². The maximum atomic E-state index is 0. The van der Waals surface area contributed by atoms with Crippen LogP contribution in [-0.2, 0) is 38.8 Å². The molecule has 1 radical (unpaired) electrons. The first kappa shape index (κ1) is 37.4. The van der Waals surface area contributed by atoms with Crippen molar-refractivity contribution in [2.45, 2.75) is 0 Å². The number of hydrogen-bond donors (Lipinski definition) is 0. The molecule has 0 saturated heterocycles. The minimum atomic E-state index is 0. The van der Waals surface area contributed by atoms with E-state index in [1.54, 1.807) is 0 Å². The summed E-state index contributed by atoms with van der Waals surface area (Å²) in [6.07, 6.45) is 0. The summed E-state index contributed by atoms with van der Waals surface area (Å²) >= 11 is 0. The van der Waals surface area contributed by atoms with Crippen molar-refractivity contribution in [3.63, 3.8) is 0 Å². The minimum Gasteiger partial charge on any atom is -1.00 e. The third-order valence-electron chi connectivity index (χ3n) is 0. The van der Waals surface area contributed by atoms with Crippen LogP contribution in [0.4, 0.5) is 0 Å². The predicted molar refractivity (Wildman–Crippen MR) is 0 cm³/mol. The minimum absolute atomic E-state index is 0. The molecule has 0 fully saturated rings. The predicted octanol–water partition coefficient (Wildman–Crippen LogP) is -6.00. The summed E-state index contributed by atoms with van der Waals surface area (Å²) in [6, 6.07) is 0. The Balaban J connectivity index is 0. The normalized spacial score (nSPS) is 0. The van der Waals surface area contributed by atoms with E-state index in [0.29, 0.717) is 0 Å². The molecule has 0 atom stereocenters. The van der Waals surface area contributed by atoms with E-state index in [-0.39, 0.29) is 68.2 Å². The van der Waals surface area contributed by atoms with Crippen LogP contribution in [0.3, 0.4) is 0 Å². The van der Waals surface area contributed by atoms with Gasteiger partial charge in [-0.1, -0.05) is 0 Å². The van der Waals surface area contributed by atoms with E-state index in [4.69, 9.17) is 0 Å². The van der Waals surface area contributed by atoms with Gasteiger partial charge in [0.15, 0.2) is 0 Å². The van der Waals surface area contributed by atoms with Gasteiger partial charge >= 0.3 is 17.1 Å². The van der Waals surface area contributed by atoms with Gasteiger partial charge in [-0.25, -0.2) is 0 Å². The van der Waals surface area contributed by atoms with Crippen LogP contribution in [0.2, 0.25) is 0 Å². The van der Waals surface area contributed by atoms with Crippen molar-refractivity contribution in [3.8, 4) is 0 Å². The van der Waals surface area contributed by atoms with E-state index in [2.05, 4.69) is 0 Å². The summed E-state index contributed by atoms with van der Waals surface area (Å²) in [5, 5.41) is 0. The Hall–Kier alpha value is 2.00. The molecule has 0 aromatic heterocycles. The van der Waals surface area contributed by atoms with Gasteiger partial charge in [0.1, 0.15) is 0 Å². The Morgan fingerprint density at radius 1 is 1.00 bits per heavy atom. The van der Waals surface area contributed by atoms with E-state index in [0.717, 1.165) is 0 Å². The first-order valence-electron chi connectivity index (χ1n) is 0. The van der Waals surface area contributed by atoms with Gasteiger partial charge < -0.3 is 29.4 Å². The summed E-state index contributed by atoms with van der Waals surface area (Å²) < 4.78 is 0. The van der Waals surface area contributed by atoms with Crippen molar-refractivity contribution in [2.75, 3.05) is 0 Å². The van der Waals surface area contributed by atoms with Crippen molar-refractivity contribution < 1.29 is 68.2 Å². The van der Waals surface area contributed by atoms with Crippen LogP contribution >= 0.6 is 0 Å². The van der Waals surface area contributed by atoms with Crippen molar-refractivity contribution in [3.05, 3.63) is 0 Å². The average Bonchev–Trinajstić information content (AvgIpc) is 0. The molecule has 0 amide bonds. The SMILES string of the molecule is [Br-].[Cl-].[Cu+2].[Ti]. The molecule has 0 aliphatic rings. The molecule has 0 nitrogen and oxygen atoms in total. The zero-order chi connectivity index (χ0) is 0. The van der Waals surface area contributed by atoms with Crippen LogP contribution in [0.5, 0.6) is 0 Å². The standard InChI is InChI=1S/BrH.ClH.Cu.Ti/h2*1H;;/q;;+2;/p-2. The number of rotatable bonds is 0. The van der Waals surface area contributed by atoms with Gasteiger partial charge in [-0.05, 0) is 0 Å². The molecule has 4 heteroatoms. The zero-order valence-electron chi connectivity index (χ0n) is 1.56. The molecule has 0 bridgehead atoms. The molecule has 0 unspecified atom stereocenters. The fourth-order valence-electron chi connectivity index (χ4n) is 0. The average molecular weight is 227 g/mol. The smallest absolute Gasteiger partial charge is 1.00 e. The Bertz CT molecular complexity index is 8.00. The van der Waals surface area contributed by atoms with Gasteiger partial charge in [0.2, 0.25) is 0 Å². The summed E-state index contributed by atoms with van der Waals surface area (Å²) in [7, 11) is 0. The zero-order valence-corrected chi connectivity index (χ0v) is 6.40. The molecule has 0 saturated carbocycles. The monoisotopic (exact) mass is 225 g/mol. The van der Waals surface area contributed by atoms with E-state index in [1.807, 2.05) is 0 Å². The summed E-state index contributed by atoms with van der Waals surface area (Å²) in [5.41, 5.74) is 0.